The molecule has 0 amide bonds. The van der Waals surface area contributed by atoms with E-state index in [9.17, 15) is 4.79 Å². The molecule has 2 heterocycles. The van der Waals surface area contributed by atoms with Crippen LogP contribution in [0.3, 0.4) is 0 Å². The van der Waals surface area contributed by atoms with E-state index in [0.29, 0.717) is 29.3 Å². The summed E-state index contributed by atoms with van der Waals surface area (Å²) in [4.78, 5) is 16.6. The molecule has 0 aliphatic rings. The van der Waals surface area contributed by atoms with Gasteiger partial charge in [-0.05, 0) is 30.7 Å². The van der Waals surface area contributed by atoms with E-state index in [1.54, 1.807) is 37.5 Å². The molecule has 1 unspecified atom stereocenters. The zero-order valence-corrected chi connectivity index (χ0v) is 13.5. The fourth-order valence-electron chi connectivity index (χ4n) is 2.39. The van der Waals surface area contributed by atoms with Gasteiger partial charge < -0.3 is 9.15 Å². The Hall–Kier alpha value is -3.02. The number of pyridine rings is 1. The van der Waals surface area contributed by atoms with Gasteiger partial charge in [-0.1, -0.05) is 18.2 Å². The Kier molecular flexibility index (Phi) is 4.65. The van der Waals surface area contributed by atoms with Crippen molar-refractivity contribution in [1.82, 2.24) is 15.2 Å². The number of carbonyl (C=O) groups is 1. The molecule has 0 saturated carbocycles. The second kappa shape index (κ2) is 7.04. The Labute approximate surface area is 139 Å². The summed E-state index contributed by atoms with van der Waals surface area (Å²) in [5, 5.41) is 7.78. The monoisotopic (exact) mass is 323 g/mol. The van der Waals surface area contributed by atoms with Crippen LogP contribution in [0, 0.1) is 6.92 Å². The molecule has 0 spiro atoms. The summed E-state index contributed by atoms with van der Waals surface area (Å²) in [5.41, 5.74) is 1.98. The average Bonchev–Trinajstić information content (AvgIpc) is 3.02. The molecule has 0 radical (unpaired) electrons. The van der Waals surface area contributed by atoms with Crippen LogP contribution in [0.25, 0.3) is 11.5 Å². The maximum absolute atomic E-state index is 12.5. The highest BCUT2D eigenvalue weighted by molar-refractivity contribution is 5.96. The van der Waals surface area contributed by atoms with E-state index in [-0.39, 0.29) is 6.10 Å². The number of nitrogens with zero attached hydrogens (tertiary/aromatic N) is 3. The summed E-state index contributed by atoms with van der Waals surface area (Å²) in [7, 11) is 0. The highest BCUT2D eigenvalue weighted by Crippen LogP contribution is 2.23. The van der Waals surface area contributed by atoms with E-state index in [1.807, 2.05) is 25.1 Å². The first-order valence-corrected chi connectivity index (χ1v) is 7.63. The zero-order valence-electron chi connectivity index (χ0n) is 13.5. The van der Waals surface area contributed by atoms with Gasteiger partial charge in [0.15, 0.2) is 0 Å². The van der Waals surface area contributed by atoms with Crippen LogP contribution >= 0.6 is 0 Å². The molecule has 2 aromatic heterocycles. The van der Waals surface area contributed by atoms with Gasteiger partial charge in [-0.3, -0.25) is 4.98 Å². The van der Waals surface area contributed by atoms with Crippen molar-refractivity contribution in [2.75, 3.05) is 0 Å². The lowest BCUT2D eigenvalue weighted by molar-refractivity contribution is 0.0343. The molecule has 0 bridgehead atoms. The van der Waals surface area contributed by atoms with E-state index >= 15 is 0 Å². The van der Waals surface area contributed by atoms with Crippen molar-refractivity contribution in [3.8, 4) is 11.5 Å². The van der Waals surface area contributed by atoms with E-state index in [1.165, 1.54) is 0 Å². The van der Waals surface area contributed by atoms with E-state index < -0.39 is 5.97 Å². The number of rotatable bonds is 5. The molecule has 1 atom stereocenters. The molecule has 1 aromatic carbocycles. The van der Waals surface area contributed by atoms with Crippen LogP contribution in [-0.2, 0) is 11.2 Å². The minimum Gasteiger partial charge on any atom is -0.459 e. The molecule has 24 heavy (non-hydrogen) atoms. The van der Waals surface area contributed by atoms with Crippen LogP contribution in [0.2, 0.25) is 0 Å². The Morgan fingerprint density at radius 2 is 2.04 bits per heavy atom. The number of esters is 1. The van der Waals surface area contributed by atoms with Gasteiger partial charge in [-0.2, -0.15) is 0 Å². The summed E-state index contributed by atoms with van der Waals surface area (Å²) in [5.74, 6) is 0.330. The normalized spacial score (nSPS) is 11.9. The molecular formula is C18H17N3O3. The topological polar surface area (TPSA) is 78.1 Å². The molecule has 0 aliphatic carbocycles. The van der Waals surface area contributed by atoms with Crippen LogP contribution in [0.1, 0.15) is 28.7 Å². The summed E-state index contributed by atoms with van der Waals surface area (Å²) in [6, 6.07) is 10.8. The van der Waals surface area contributed by atoms with E-state index in [4.69, 9.17) is 9.15 Å². The lowest BCUT2D eigenvalue weighted by Gasteiger charge is -2.14. The predicted octanol–water partition coefficient (Wildman–Crippen LogP) is 3.23. The third-order valence-corrected chi connectivity index (χ3v) is 3.46. The van der Waals surface area contributed by atoms with Crippen molar-refractivity contribution in [3.05, 3.63) is 65.8 Å². The zero-order chi connectivity index (χ0) is 16.9. The largest absolute Gasteiger partial charge is 0.459 e. The van der Waals surface area contributed by atoms with Gasteiger partial charge in [-0.25, -0.2) is 4.79 Å². The van der Waals surface area contributed by atoms with Crippen molar-refractivity contribution in [3.63, 3.8) is 0 Å². The molecule has 122 valence electrons. The van der Waals surface area contributed by atoms with Crippen molar-refractivity contribution >= 4 is 5.97 Å². The third kappa shape index (κ3) is 3.65. The van der Waals surface area contributed by atoms with Gasteiger partial charge in [0.05, 0.1) is 11.1 Å². The lowest BCUT2D eigenvalue weighted by Crippen LogP contribution is -2.18. The molecule has 0 saturated heterocycles. The standard InChI is InChI=1S/C18H17N3O3/c1-12(10-14-6-5-9-19-11-14)23-18(22)16-8-4-3-7-15(16)17-21-20-13(2)24-17/h3-9,11-12H,10H2,1-2H3. The number of hydrogen-bond acceptors (Lipinski definition) is 6. The smallest absolute Gasteiger partial charge is 0.339 e. The highest BCUT2D eigenvalue weighted by Gasteiger charge is 2.19. The van der Waals surface area contributed by atoms with Gasteiger partial charge in [0.1, 0.15) is 6.10 Å². The molecule has 3 rings (SSSR count). The quantitative estimate of drug-likeness (QED) is 0.671. The van der Waals surface area contributed by atoms with Crippen molar-refractivity contribution in [2.24, 2.45) is 0 Å². The number of ether oxygens (including phenoxy) is 1. The lowest BCUT2D eigenvalue weighted by atomic mass is 10.1. The molecule has 3 aromatic rings. The predicted molar refractivity (Wildman–Crippen MR) is 87.3 cm³/mol. The minimum atomic E-state index is -0.419. The third-order valence-electron chi connectivity index (χ3n) is 3.46. The maximum atomic E-state index is 12.5. The Balaban J connectivity index is 1.76. The number of carbonyl (C=O) groups excluding carboxylic acids is 1. The van der Waals surface area contributed by atoms with E-state index in [0.717, 1.165) is 5.56 Å². The molecule has 6 nitrogen and oxygen atoms in total. The van der Waals surface area contributed by atoms with Gasteiger partial charge in [0.25, 0.3) is 0 Å². The number of aromatic nitrogens is 3. The molecule has 0 N–H and O–H groups in total. The van der Waals surface area contributed by atoms with Crippen molar-refractivity contribution < 1.29 is 13.9 Å². The molecule has 0 aliphatic heterocycles. The first-order valence-electron chi connectivity index (χ1n) is 7.63. The highest BCUT2D eigenvalue weighted by atomic mass is 16.5. The van der Waals surface area contributed by atoms with E-state index in [2.05, 4.69) is 15.2 Å². The van der Waals surface area contributed by atoms with Gasteiger partial charge in [0.2, 0.25) is 11.8 Å². The van der Waals surface area contributed by atoms with Gasteiger partial charge in [-0.15, -0.1) is 10.2 Å². The van der Waals surface area contributed by atoms with Crippen LogP contribution in [-0.4, -0.2) is 27.3 Å². The molecule has 6 heteroatoms. The molecular weight excluding hydrogens is 306 g/mol. The first-order chi connectivity index (χ1) is 11.6. The summed E-state index contributed by atoms with van der Waals surface area (Å²) in [6.45, 7) is 3.55. The number of hydrogen-bond donors (Lipinski definition) is 0. The van der Waals surface area contributed by atoms with Crippen LogP contribution in [0.15, 0.2) is 53.2 Å². The summed E-state index contributed by atoms with van der Waals surface area (Å²) in [6.07, 6.45) is 3.79. The Bertz CT molecular complexity index is 830. The number of aryl methyl sites for hydroxylation is 1. The van der Waals surface area contributed by atoms with Crippen LogP contribution < -0.4 is 0 Å². The Morgan fingerprint density at radius 3 is 2.75 bits per heavy atom. The Morgan fingerprint density at radius 1 is 1.21 bits per heavy atom. The second-order valence-corrected chi connectivity index (χ2v) is 5.45. The van der Waals surface area contributed by atoms with Crippen molar-refractivity contribution in [2.45, 2.75) is 26.4 Å². The van der Waals surface area contributed by atoms with Crippen LogP contribution in [0.4, 0.5) is 0 Å². The van der Waals surface area contributed by atoms with Crippen molar-refractivity contribution in [1.29, 1.82) is 0 Å². The summed E-state index contributed by atoms with van der Waals surface area (Å²) >= 11 is 0. The fourth-order valence-corrected chi connectivity index (χ4v) is 2.39. The minimum absolute atomic E-state index is 0.279. The summed E-state index contributed by atoms with van der Waals surface area (Å²) < 4.78 is 11.0. The number of benzene rings is 1. The first kappa shape index (κ1) is 15.9. The SMILES string of the molecule is Cc1nnc(-c2ccccc2C(=O)OC(C)Cc2cccnc2)o1. The maximum Gasteiger partial charge on any atom is 0.339 e. The van der Waals surface area contributed by atoms with Gasteiger partial charge in [0, 0.05) is 25.7 Å². The average molecular weight is 323 g/mol. The van der Waals surface area contributed by atoms with Crippen LogP contribution in [0.5, 0.6) is 0 Å². The molecule has 0 fully saturated rings. The second-order valence-electron chi connectivity index (χ2n) is 5.45. The fraction of sp³-hybridized carbons (Fsp3) is 0.222. The van der Waals surface area contributed by atoms with Gasteiger partial charge >= 0.3 is 5.97 Å².